The molecule has 1 aliphatic heterocycles. The number of likely N-dealkylation sites (tertiary alicyclic amines) is 1. The smallest absolute Gasteiger partial charge is 0.408 e. The van der Waals surface area contributed by atoms with Crippen molar-refractivity contribution in [1.82, 2.24) is 31.1 Å². The molecule has 1 heterocycles. The molecule has 1 aromatic carbocycles. The minimum Gasteiger partial charge on any atom is -0.444 e. The fourth-order valence-corrected chi connectivity index (χ4v) is 8.05. The summed E-state index contributed by atoms with van der Waals surface area (Å²) < 4.78 is 4.19. The molecule has 3 fully saturated rings. The molecule has 53 heavy (non-hydrogen) atoms. The molecule has 0 radical (unpaired) electrons. The van der Waals surface area contributed by atoms with Crippen LogP contribution in [0.15, 0.2) is 30.3 Å². The molecule has 0 spiro atoms. The van der Waals surface area contributed by atoms with Gasteiger partial charge in [-0.1, -0.05) is 62.9 Å². The van der Waals surface area contributed by atoms with E-state index in [-0.39, 0.29) is 18.9 Å². The van der Waals surface area contributed by atoms with Crippen molar-refractivity contribution in [3.05, 3.63) is 35.9 Å². The van der Waals surface area contributed by atoms with Gasteiger partial charge in [0, 0.05) is 32.5 Å². The first-order valence-electron chi connectivity index (χ1n) is 18.2. The highest BCUT2D eigenvalue weighted by Gasteiger charge is 2.74. The summed E-state index contributed by atoms with van der Waals surface area (Å²) >= 11 is 13.1. The summed E-state index contributed by atoms with van der Waals surface area (Å²) in [7, 11) is 3.10. The number of benzene rings is 1. The maximum Gasteiger partial charge on any atom is 0.408 e. The number of hydrogen-bond acceptors (Lipinski definition) is 8. The Bertz CT molecular complexity index is 1540. The molecule has 6 amide bonds. The number of ketones is 1. The van der Waals surface area contributed by atoms with Gasteiger partial charge in [0.25, 0.3) is 5.91 Å². The van der Waals surface area contributed by atoms with E-state index in [0.717, 1.165) is 19.3 Å². The van der Waals surface area contributed by atoms with Crippen LogP contribution in [-0.2, 0) is 33.5 Å². The maximum absolute atomic E-state index is 14.3. The third-order valence-corrected chi connectivity index (χ3v) is 11.0. The van der Waals surface area contributed by atoms with Gasteiger partial charge in [0.15, 0.2) is 0 Å². The van der Waals surface area contributed by atoms with Crippen LogP contribution in [0.5, 0.6) is 0 Å². The molecule has 6 atom stereocenters. The maximum atomic E-state index is 14.3. The molecular weight excluding hydrogens is 727 g/mol. The normalized spacial score (nSPS) is 22.3. The van der Waals surface area contributed by atoms with Gasteiger partial charge < -0.3 is 35.8 Å². The number of Topliss-reactive ketones (excluding diaryl/α,β-unsaturated/α-hetero) is 1. The van der Waals surface area contributed by atoms with Crippen molar-refractivity contribution in [2.24, 2.45) is 17.8 Å². The molecule has 1 saturated heterocycles. The Morgan fingerprint density at radius 2 is 1.60 bits per heavy atom. The second-order valence-electron chi connectivity index (χ2n) is 15.3. The SMILES string of the molecule is CCCC(NC(=O)[C@@H]1[C@@H]2[C@H](CN1C(=O)[C@@H](NC(=O)OC(C)(C)C)C1CCCCC1)C2(Cl)Cl)C(=O)C(=O)NCC(=O)N[C@H](C(=O)N(C)C)c1ccccc1. The molecule has 1 unspecified atom stereocenters. The summed E-state index contributed by atoms with van der Waals surface area (Å²) in [6, 6.07) is 4.15. The van der Waals surface area contributed by atoms with Crippen molar-refractivity contribution in [2.45, 2.75) is 107 Å². The van der Waals surface area contributed by atoms with Gasteiger partial charge in [0.2, 0.25) is 29.4 Å². The number of rotatable bonds is 14. The summed E-state index contributed by atoms with van der Waals surface area (Å²) in [5.74, 6) is -5.61. The molecule has 1 aromatic rings. The number of carbonyl (C=O) groups is 7. The summed E-state index contributed by atoms with van der Waals surface area (Å²) in [6.07, 6.45) is 3.95. The van der Waals surface area contributed by atoms with Crippen molar-refractivity contribution in [2.75, 3.05) is 27.2 Å². The average molecular weight is 780 g/mol. The number of likely N-dealkylation sites (N-methyl/N-ethyl adjacent to an activating group) is 1. The highest BCUT2D eigenvalue weighted by Crippen LogP contribution is 2.65. The van der Waals surface area contributed by atoms with E-state index < -0.39 is 93.9 Å². The summed E-state index contributed by atoms with van der Waals surface area (Å²) in [5, 5.41) is 10.3. The lowest BCUT2D eigenvalue weighted by Crippen LogP contribution is -2.60. The van der Waals surface area contributed by atoms with Gasteiger partial charge in [-0.2, -0.15) is 0 Å². The van der Waals surface area contributed by atoms with Gasteiger partial charge in [-0.25, -0.2) is 4.79 Å². The van der Waals surface area contributed by atoms with Crippen LogP contribution in [-0.4, -0.2) is 106 Å². The van der Waals surface area contributed by atoms with Crippen molar-refractivity contribution >= 4 is 64.6 Å². The molecule has 16 heteroatoms. The van der Waals surface area contributed by atoms with Crippen LogP contribution in [0, 0.1) is 17.8 Å². The zero-order valence-electron chi connectivity index (χ0n) is 31.2. The summed E-state index contributed by atoms with van der Waals surface area (Å²) in [5.41, 5.74) is -0.264. The number of alkyl halides is 2. The Balaban J connectivity index is 1.45. The molecule has 2 aliphatic carbocycles. The number of nitrogens with zero attached hydrogens (tertiary/aromatic N) is 2. The Labute approximate surface area is 320 Å². The lowest BCUT2D eigenvalue weighted by Gasteiger charge is -2.36. The van der Waals surface area contributed by atoms with Crippen LogP contribution < -0.4 is 21.3 Å². The number of fused-ring (bicyclic) bond motifs is 1. The van der Waals surface area contributed by atoms with Crippen LogP contribution in [0.4, 0.5) is 4.79 Å². The molecule has 0 bridgehead atoms. The predicted molar refractivity (Wildman–Crippen MR) is 198 cm³/mol. The second-order valence-corrected chi connectivity index (χ2v) is 16.7. The van der Waals surface area contributed by atoms with Crippen LogP contribution in [0.3, 0.4) is 0 Å². The van der Waals surface area contributed by atoms with E-state index in [1.807, 2.05) is 0 Å². The van der Waals surface area contributed by atoms with E-state index in [1.165, 1.54) is 9.80 Å². The van der Waals surface area contributed by atoms with E-state index in [4.69, 9.17) is 27.9 Å². The molecule has 3 aliphatic rings. The number of ether oxygens (including phenoxy) is 1. The van der Waals surface area contributed by atoms with Crippen LogP contribution in [0.2, 0.25) is 0 Å². The van der Waals surface area contributed by atoms with E-state index in [2.05, 4.69) is 21.3 Å². The zero-order valence-corrected chi connectivity index (χ0v) is 32.7. The number of carbonyl (C=O) groups excluding carboxylic acids is 7. The molecule has 4 N–H and O–H groups in total. The summed E-state index contributed by atoms with van der Waals surface area (Å²) in [4.78, 5) is 96.0. The monoisotopic (exact) mass is 778 g/mol. The Hall–Kier alpha value is -3.91. The Morgan fingerprint density at radius 3 is 2.19 bits per heavy atom. The lowest BCUT2D eigenvalue weighted by molar-refractivity contribution is -0.144. The van der Waals surface area contributed by atoms with Crippen LogP contribution in [0.25, 0.3) is 0 Å². The first-order chi connectivity index (χ1) is 24.9. The quantitative estimate of drug-likeness (QED) is 0.164. The van der Waals surface area contributed by atoms with E-state index in [0.29, 0.717) is 24.8 Å². The predicted octanol–water partition coefficient (Wildman–Crippen LogP) is 3.01. The highest BCUT2D eigenvalue weighted by atomic mass is 35.5. The van der Waals surface area contributed by atoms with E-state index in [1.54, 1.807) is 72.1 Å². The molecule has 292 valence electrons. The molecule has 2 saturated carbocycles. The number of nitrogens with one attached hydrogen (secondary N) is 4. The van der Waals surface area contributed by atoms with Crippen molar-refractivity contribution in [1.29, 1.82) is 0 Å². The van der Waals surface area contributed by atoms with Gasteiger partial charge in [-0.15, -0.1) is 23.2 Å². The highest BCUT2D eigenvalue weighted by molar-refractivity contribution is 6.51. The fraction of sp³-hybridized carbons (Fsp3) is 0.649. The van der Waals surface area contributed by atoms with E-state index >= 15 is 0 Å². The van der Waals surface area contributed by atoms with Crippen molar-refractivity contribution in [3.8, 4) is 0 Å². The van der Waals surface area contributed by atoms with Crippen LogP contribution >= 0.6 is 23.2 Å². The summed E-state index contributed by atoms with van der Waals surface area (Å²) in [6.45, 7) is 6.39. The van der Waals surface area contributed by atoms with Gasteiger partial charge >= 0.3 is 6.09 Å². The van der Waals surface area contributed by atoms with Gasteiger partial charge in [-0.3, -0.25) is 28.8 Å². The topological polar surface area (TPSA) is 183 Å². The third-order valence-electron chi connectivity index (χ3n) is 9.91. The van der Waals surface area contributed by atoms with Crippen LogP contribution in [0.1, 0.15) is 84.2 Å². The minimum absolute atomic E-state index is 0.0656. The first kappa shape index (κ1) is 41.8. The number of piperidine rings is 1. The second kappa shape index (κ2) is 17.5. The zero-order chi connectivity index (χ0) is 39.2. The molecule has 4 rings (SSSR count). The fourth-order valence-electron chi connectivity index (χ4n) is 7.22. The molecule has 0 aromatic heterocycles. The average Bonchev–Trinajstić information content (AvgIpc) is 3.41. The molecular formula is C37H52Cl2N6O8. The lowest BCUT2D eigenvalue weighted by atomic mass is 9.83. The van der Waals surface area contributed by atoms with Gasteiger partial charge in [-0.05, 0) is 51.5 Å². The number of amides is 6. The van der Waals surface area contributed by atoms with E-state index in [9.17, 15) is 33.6 Å². The van der Waals surface area contributed by atoms with Crippen molar-refractivity contribution < 1.29 is 38.3 Å². The third kappa shape index (κ3) is 10.4. The van der Waals surface area contributed by atoms with Crippen molar-refractivity contribution in [3.63, 3.8) is 0 Å². The van der Waals surface area contributed by atoms with Gasteiger partial charge in [0.1, 0.15) is 28.1 Å². The molecule has 14 nitrogen and oxygen atoms in total. The first-order valence-corrected chi connectivity index (χ1v) is 19.0. The Morgan fingerprint density at radius 1 is 0.962 bits per heavy atom. The number of alkyl carbamates (subject to hydrolysis) is 1. The number of halogens is 2. The standard InChI is InChI=1S/C37H52Cl2N6O8/c1-7-14-24(30(47)32(49)40-19-25(46)42-27(33(50)44(5)6)21-15-10-8-11-16-21)41-31(48)29-26-23(37(26,38)39)20-45(29)34(51)28(22-17-12-9-13-18-22)43-35(52)53-36(2,3)4/h8,10-11,15-16,22-24,26-29H,7,9,12-14,17-20H2,1-6H3,(H,40,49)(H,41,48)(H,42,46)(H,43,52)/t23-,24?,26-,27-,28-,29-/m0/s1. The Kier molecular flexibility index (Phi) is 13.8. The minimum atomic E-state index is -1.29. The van der Waals surface area contributed by atoms with Gasteiger partial charge in [0.05, 0.1) is 12.6 Å². The number of hydrogen-bond donors (Lipinski definition) is 4. The largest absolute Gasteiger partial charge is 0.444 e.